The van der Waals surface area contributed by atoms with Crippen LogP contribution >= 0.6 is 0 Å². The van der Waals surface area contributed by atoms with Crippen LogP contribution in [-0.2, 0) is 17.9 Å². The fourth-order valence-electron chi connectivity index (χ4n) is 2.86. The zero-order valence-corrected chi connectivity index (χ0v) is 16.6. The Morgan fingerprint density at radius 1 is 1.00 bits per heavy atom. The Morgan fingerprint density at radius 2 is 1.78 bits per heavy atom. The average molecular weight is 436 g/mol. The summed E-state index contributed by atoms with van der Waals surface area (Å²) in [5, 5.41) is 12.7. The van der Waals surface area contributed by atoms with Crippen molar-refractivity contribution < 1.29 is 18.4 Å². The first-order valence-corrected chi connectivity index (χ1v) is 9.49. The van der Waals surface area contributed by atoms with Crippen LogP contribution in [0.4, 0.5) is 10.1 Å². The number of nitrogens with one attached hydrogen (secondary N) is 2. The van der Waals surface area contributed by atoms with Gasteiger partial charge in [-0.2, -0.15) is 9.36 Å². The molecular weight excluding hydrogens is 419 g/mol. The lowest BCUT2D eigenvalue weighted by Gasteiger charge is -2.07. The van der Waals surface area contributed by atoms with Crippen molar-refractivity contribution in [2.75, 3.05) is 5.32 Å². The topological polar surface area (TPSA) is 124 Å². The standard InChI is InChI=1S/C21H17FN6O4/c22-18-6-2-1-5-17(18)20(30)24-14-7-9-15(10-8-14)28-21(31)27(25-26-28)13-19(29)23-12-16-4-3-11-32-16/h1-11H,12-13H2,(H,23,29)(H,24,30). The Balaban J connectivity index is 1.40. The molecule has 0 aliphatic rings. The average Bonchev–Trinajstić information content (AvgIpc) is 3.44. The normalized spacial score (nSPS) is 10.7. The summed E-state index contributed by atoms with van der Waals surface area (Å²) in [7, 11) is 0. The monoisotopic (exact) mass is 436 g/mol. The number of halogens is 1. The third kappa shape index (κ3) is 4.61. The van der Waals surface area contributed by atoms with E-state index >= 15 is 0 Å². The van der Waals surface area contributed by atoms with E-state index in [0.29, 0.717) is 17.1 Å². The molecule has 4 aromatic rings. The van der Waals surface area contributed by atoms with Crippen molar-refractivity contribution >= 4 is 17.5 Å². The molecule has 11 heteroatoms. The van der Waals surface area contributed by atoms with E-state index in [2.05, 4.69) is 21.1 Å². The predicted molar refractivity (Wildman–Crippen MR) is 111 cm³/mol. The summed E-state index contributed by atoms with van der Waals surface area (Å²) in [4.78, 5) is 36.8. The van der Waals surface area contributed by atoms with E-state index in [4.69, 9.17) is 4.42 Å². The van der Waals surface area contributed by atoms with Gasteiger partial charge in [0.25, 0.3) is 5.91 Å². The first kappa shape index (κ1) is 20.7. The number of amides is 2. The molecule has 0 saturated heterocycles. The number of furan rings is 1. The molecule has 0 bridgehead atoms. The smallest absolute Gasteiger partial charge is 0.368 e. The molecule has 2 aromatic heterocycles. The van der Waals surface area contributed by atoms with Crippen molar-refractivity contribution in [3.05, 3.63) is 94.6 Å². The van der Waals surface area contributed by atoms with E-state index in [0.717, 1.165) is 9.36 Å². The van der Waals surface area contributed by atoms with Crippen LogP contribution in [0.5, 0.6) is 0 Å². The van der Waals surface area contributed by atoms with Crippen LogP contribution in [-0.4, -0.2) is 31.6 Å². The maximum atomic E-state index is 13.7. The van der Waals surface area contributed by atoms with Crippen molar-refractivity contribution in [2.24, 2.45) is 0 Å². The summed E-state index contributed by atoms with van der Waals surface area (Å²) in [6.07, 6.45) is 1.49. The first-order chi connectivity index (χ1) is 15.5. The Morgan fingerprint density at radius 3 is 2.50 bits per heavy atom. The molecule has 4 rings (SSSR count). The second-order valence-corrected chi connectivity index (χ2v) is 6.67. The Bertz CT molecular complexity index is 1290. The molecule has 0 aliphatic heterocycles. The summed E-state index contributed by atoms with van der Waals surface area (Å²) < 4.78 is 20.8. The van der Waals surface area contributed by atoms with E-state index < -0.39 is 23.3 Å². The zero-order chi connectivity index (χ0) is 22.5. The van der Waals surface area contributed by atoms with Crippen LogP contribution in [0.1, 0.15) is 16.1 Å². The van der Waals surface area contributed by atoms with E-state index in [1.165, 1.54) is 48.7 Å². The maximum absolute atomic E-state index is 13.7. The number of tetrazole rings is 1. The second-order valence-electron chi connectivity index (χ2n) is 6.67. The van der Waals surface area contributed by atoms with E-state index in [9.17, 15) is 18.8 Å². The van der Waals surface area contributed by atoms with Gasteiger partial charge in [-0.05, 0) is 59.0 Å². The fourth-order valence-corrected chi connectivity index (χ4v) is 2.86. The Hall–Kier alpha value is -4.54. The minimum absolute atomic E-state index is 0.0823. The fraction of sp³-hybridized carbons (Fsp3) is 0.0952. The lowest BCUT2D eigenvalue weighted by molar-refractivity contribution is -0.122. The highest BCUT2D eigenvalue weighted by Crippen LogP contribution is 2.14. The number of benzene rings is 2. The molecule has 2 heterocycles. The first-order valence-electron chi connectivity index (χ1n) is 9.49. The minimum Gasteiger partial charge on any atom is -0.467 e. The highest BCUT2D eigenvalue weighted by atomic mass is 19.1. The molecule has 2 aromatic carbocycles. The summed E-state index contributed by atoms with van der Waals surface area (Å²) in [6, 6.07) is 15.2. The Kier molecular flexibility index (Phi) is 5.88. The molecule has 2 amide bonds. The van der Waals surface area contributed by atoms with Gasteiger partial charge in [-0.25, -0.2) is 9.18 Å². The lowest BCUT2D eigenvalue weighted by Crippen LogP contribution is -2.33. The molecule has 0 atom stereocenters. The number of aromatic nitrogens is 4. The molecule has 162 valence electrons. The number of anilines is 1. The van der Waals surface area contributed by atoms with E-state index in [-0.39, 0.29) is 18.7 Å². The van der Waals surface area contributed by atoms with Gasteiger partial charge in [0.15, 0.2) is 0 Å². The van der Waals surface area contributed by atoms with Gasteiger partial charge in [0.05, 0.1) is 24.1 Å². The van der Waals surface area contributed by atoms with Crippen LogP contribution in [0.25, 0.3) is 5.69 Å². The van der Waals surface area contributed by atoms with Crippen LogP contribution in [0.2, 0.25) is 0 Å². The third-order valence-electron chi connectivity index (χ3n) is 4.46. The van der Waals surface area contributed by atoms with Crippen molar-refractivity contribution in [1.29, 1.82) is 0 Å². The summed E-state index contributed by atoms with van der Waals surface area (Å²) in [5.74, 6) is -1.07. The number of hydrogen-bond donors (Lipinski definition) is 2. The number of carbonyl (C=O) groups excluding carboxylic acids is 2. The molecule has 10 nitrogen and oxygen atoms in total. The number of hydrogen-bond acceptors (Lipinski definition) is 6. The van der Waals surface area contributed by atoms with Gasteiger partial charge in [0, 0.05) is 5.69 Å². The van der Waals surface area contributed by atoms with Gasteiger partial charge in [-0.3, -0.25) is 9.59 Å². The van der Waals surface area contributed by atoms with Crippen molar-refractivity contribution in [1.82, 2.24) is 25.1 Å². The summed E-state index contributed by atoms with van der Waals surface area (Å²) >= 11 is 0. The molecule has 2 N–H and O–H groups in total. The van der Waals surface area contributed by atoms with Crippen LogP contribution in [0.15, 0.2) is 76.1 Å². The van der Waals surface area contributed by atoms with Crippen molar-refractivity contribution in [3.8, 4) is 5.69 Å². The van der Waals surface area contributed by atoms with Gasteiger partial charge >= 0.3 is 5.69 Å². The minimum atomic E-state index is -0.627. The van der Waals surface area contributed by atoms with Gasteiger partial charge in [0.2, 0.25) is 5.91 Å². The molecule has 32 heavy (non-hydrogen) atoms. The maximum Gasteiger partial charge on any atom is 0.368 e. The van der Waals surface area contributed by atoms with Crippen LogP contribution in [0.3, 0.4) is 0 Å². The van der Waals surface area contributed by atoms with Crippen LogP contribution in [0, 0.1) is 5.82 Å². The van der Waals surface area contributed by atoms with E-state index in [1.807, 2.05) is 0 Å². The van der Waals surface area contributed by atoms with Crippen LogP contribution < -0.4 is 16.3 Å². The predicted octanol–water partition coefficient (Wildman–Crippen LogP) is 1.73. The lowest BCUT2D eigenvalue weighted by atomic mass is 10.2. The molecule has 0 spiro atoms. The van der Waals surface area contributed by atoms with Crippen molar-refractivity contribution in [3.63, 3.8) is 0 Å². The third-order valence-corrected chi connectivity index (χ3v) is 4.46. The van der Waals surface area contributed by atoms with Gasteiger partial charge in [0.1, 0.15) is 18.1 Å². The largest absolute Gasteiger partial charge is 0.467 e. The summed E-state index contributed by atoms with van der Waals surface area (Å²) in [5.41, 5.74) is 0.0863. The van der Waals surface area contributed by atoms with Crippen molar-refractivity contribution in [2.45, 2.75) is 13.1 Å². The number of carbonyl (C=O) groups is 2. The Labute approximate surface area is 180 Å². The van der Waals surface area contributed by atoms with Gasteiger partial charge < -0.3 is 15.1 Å². The second kappa shape index (κ2) is 9.08. The molecular formula is C21H17FN6O4. The molecule has 0 radical (unpaired) electrons. The molecule has 0 unspecified atom stereocenters. The number of rotatable bonds is 7. The molecule has 0 aliphatic carbocycles. The summed E-state index contributed by atoms with van der Waals surface area (Å²) in [6.45, 7) is -0.120. The number of nitrogens with zero attached hydrogens (tertiary/aromatic N) is 4. The van der Waals surface area contributed by atoms with Gasteiger partial charge in [-0.1, -0.05) is 12.1 Å². The highest BCUT2D eigenvalue weighted by molar-refractivity contribution is 6.04. The quantitative estimate of drug-likeness (QED) is 0.455. The SMILES string of the molecule is O=C(Cn1nnn(-c2ccc(NC(=O)c3ccccc3F)cc2)c1=O)NCc1ccco1. The highest BCUT2D eigenvalue weighted by Gasteiger charge is 2.14. The zero-order valence-electron chi connectivity index (χ0n) is 16.6. The molecule has 0 saturated carbocycles. The van der Waals surface area contributed by atoms with E-state index in [1.54, 1.807) is 18.2 Å². The van der Waals surface area contributed by atoms with Gasteiger partial charge in [-0.15, -0.1) is 0 Å². The molecule has 0 fully saturated rings.